The highest BCUT2D eigenvalue weighted by atomic mass is 16.2. The van der Waals surface area contributed by atoms with E-state index in [0.29, 0.717) is 25.1 Å². The third-order valence-electron chi connectivity index (χ3n) is 6.99. The number of benzene rings is 1. The van der Waals surface area contributed by atoms with Crippen LogP contribution in [0.3, 0.4) is 0 Å². The molecule has 5 rings (SSSR count). The van der Waals surface area contributed by atoms with E-state index in [-0.39, 0.29) is 28.8 Å². The number of rotatable bonds is 2. The summed E-state index contributed by atoms with van der Waals surface area (Å²) in [6, 6.07) is 5.49. The lowest BCUT2D eigenvalue weighted by atomic mass is 9.67. The molecule has 1 amide bonds. The van der Waals surface area contributed by atoms with Gasteiger partial charge in [-0.15, -0.1) is 0 Å². The molecular weight excluding hydrogens is 394 g/mol. The second-order valence-electron chi connectivity index (χ2n) is 9.35. The highest BCUT2D eigenvalue weighted by Crippen LogP contribution is 2.44. The summed E-state index contributed by atoms with van der Waals surface area (Å²) in [6.07, 6.45) is 4.84. The number of nitrogens with one attached hydrogen (secondary N) is 1. The van der Waals surface area contributed by atoms with Crippen molar-refractivity contribution in [2.45, 2.75) is 45.6 Å². The highest BCUT2D eigenvalue weighted by Gasteiger charge is 2.43. The summed E-state index contributed by atoms with van der Waals surface area (Å²) in [6.45, 7) is 5.34. The van der Waals surface area contributed by atoms with Gasteiger partial charge in [-0.1, -0.05) is 0 Å². The molecule has 2 aliphatic rings. The van der Waals surface area contributed by atoms with Gasteiger partial charge in [-0.2, -0.15) is 5.10 Å². The van der Waals surface area contributed by atoms with Gasteiger partial charge in [0.15, 0.2) is 5.78 Å². The first kappa shape index (κ1) is 19.8. The van der Waals surface area contributed by atoms with E-state index in [4.69, 9.17) is 0 Å². The monoisotopic (exact) mass is 421 g/mol. The molecule has 2 aromatic heterocycles. The molecule has 1 fully saturated rings. The lowest BCUT2D eigenvalue weighted by Gasteiger charge is -2.43. The average Bonchev–Trinajstić information content (AvgIpc) is 3.29. The molecule has 0 saturated carbocycles. The van der Waals surface area contributed by atoms with Crippen molar-refractivity contribution in [1.82, 2.24) is 24.2 Å². The van der Waals surface area contributed by atoms with E-state index in [1.807, 2.05) is 29.6 Å². The summed E-state index contributed by atoms with van der Waals surface area (Å²) in [5.41, 5.74) is 3.56. The van der Waals surface area contributed by atoms with E-state index in [2.05, 4.69) is 10.1 Å². The van der Waals surface area contributed by atoms with Gasteiger partial charge in [0.2, 0.25) is 0 Å². The quantitative estimate of drug-likeness (QED) is 0.689. The van der Waals surface area contributed by atoms with E-state index >= 15 is 0 Å². The molecule has 0 bridgehead atoms. The van der Waals surface area contributed by atoms with Gasteiger partial charge in [-0.3, -0.25) is 18.8 Å². The fourth-order valence-corrected chi connectivity index (χ4v) is 5.19. The van der Waals surface area contributed by atoms with Gasteiger partial charge < -0.3 is 9.88 Å². The summed E-state index contributed by atoms with van der Waals surface area (Å²) < 4.78 is 3.35. The third-order valence-corrected chi connectivity index (χ3v) is 6.99. The number of aromatic nitrogens is 4. The fourth-order valence-electron chi connectivity index (χ4n) is 5.19. The Balaban J connectivity index is 1.33. The summed E-state index contributed by atoms with van der Waals surface area (Å²) in [4.78, 5) is 42.6. The number of carbonyl (C=O) groups is 2. The van der Waals surface area contributed by atoms with E-state index < -0.39 is 0 Å². The molecule has 3 aromatic rings. The lowest BCUT2D eigenvalue weighted by molar-refractivity contribution is 0.0517. The molecule has 0 unspecified atom stereocenters. The van der Waals surface area contributed by atoms with Crippen LogP contribution in [0, 0.1) is 5.41 Å². The number of ketones is 1. The van der Waals surface area contributed by atoms with Crippen LogP contribution in [0.5, 0.6) is 0 Å². The first-order chi connectivity index (χ1) is 14.8. The van der Waals surface area contributed by atoms with Gasteiger partial charge in [-0.05, 0) is 56.7 Å². The van der Waals surface area contributed by atoms with Crippen LogP contribution in [0.25, 0.3) is 11.0 Å². The second-order valence-corrected chi connectivity index (χ2v) is 9.35. The van der Waals surface area contributed by atoms with Crippen LogP contribution in [-0.4, -0.2) is 49.0 Å². The van der Waals surface area contributed by atoms with Crippen LogP contribution in [-0.2, 0) is 13.5 Å². The number of H-pyrrole nitrogens is 1. The number of likely N-dealkylation sites (tertiary alicyclic amines) is 1. The summed E-state index contributed by atoms with van der Waals surface area (Å²) in [5.74, 6) is 0.145. The number of fused-ring (bicyclic) bond motifs is 2. The van der Waals surface area contributed by atoms with Crippen LogP contribution in [0.2, 0.25) is 0 Å². The Morgan fingerprint density at radius 2 is 1.90 bits per heavy atom. The predicted octanol–water partition coefficient (Wildman–Crippen LogP) is 2.70. The Hall–Kier alpha value is -3.16. The Morgan fingerprint density at radius 3 is 2.61 bits per heavy atom. The van der Waals surface area contributed by atoms with Crippen LogP contribution >= 0.6 is 0 Å². The van der Waals surface area contributed by atoms with Gasteiger partial charge in [0.05, 0.1) is 17.2 Å². The normalized spacial score (nSPS) is 18.2. The molecule has 31 heavy (non-hydrogen) atoms. The Labute approximate surface area is 179 Å². The molecule has 8 heteroatoms. The highest BCUT2D eigenvalue weighted by molar-refractivity contribution is 5.98. The summed E-state index contributed by atoms with van der Waals surface area (Å²) >= 11 is 0. The van der Waals surface area contributed by atoms with Gasteiger partial charge >= 0.3 is 5.69 Å². The molecule has 1 saturated heterocycles. The van der Waals surface area contributed by atoms with Crippen molar-refractivity contribution in [3.63, 3.8) is 0 Å². The Kier molecular flexibility index (Phi) is 4.42. The zero-order valence-corrected chi connectivity index (χ0v) is 18.1. The van der Waals surface area contributed by atoms with Gasteiger partial charge in [0.25, 0.3) is 5.91 Å². The number of nitrogens with zero attached hydrogens (tertiary/aromatic N) is 4. The molecule has 0 atom stereocenters. The lowest BCUT2D eigenvalue weighted by Crippen LogP contribution is -2.46. The second kappa shape index (κ2) is 6.93. The van der Waals surface area contributed by atoms with Crippen LogP contribution in [0.4, 0.5) is 0 Å². The zero-order valence-electron chi connectivity index (χ0n) is 18.1. The molecule has 1 aliphatic heterocycles. The van der Waals surface area contributed by atoms with Crippen molar-refractivity contribution >= 4 is 22.7 Å². The van der Waals surface area contributed by atoms with E-state index in [9.17, 15) is 14.4 Å². The third kappa shape index (κ3) is 3.12. The van der Waals surface area contributed by atoms with Crippen molar-refractivity contribution in [3.05, 3.63) is 51.7 Å². The number of hydrogen-bond donors (Lipinski definition) is 1. The molecule has 162 valence electrons. The van der Waals surface area contributed by atoms with E-state index in [1.54, 1.807) is 25.2 Å². The first-order valence-corrected chi connectivity index (χ1v) is 10.9. The topological polar surface area (TPSA) is 93.0 Å². The van der Waals surface area contributed by atoms with Crippen LogP contribution in [0.15, 0.2) is 29.2 Å². The van der Waals surface area contributed by atoms with Crippen molar-refractivity contribution in [2.75, 3.05) is 13.1 Å². The smallest absolute Gasteiger partial charge is 0.326 e. The summed E-state index contributed by atoms with van der Waals surface area (Å²) in [7, 11) is 1.69. The molecule has 1 aliphatic carbocycles. The number of amides is 1. The minimum absolute atomic E-state index is 0.0270. The van der Waals surface area contributed by atoms with Crippen molar-refractivity contribution in [3.8, 4) is 0 Å². The SMILES string of the molecule is CC(C)n1ncc2c1C(=O)CC1(CCN(C(=O)c3ccc4[nH]c(=O)n(C)c4c3)CC1)C2. The summed E-state index contributed by atoms with van der Waals surface area (Å²) in [5, 5.41) is 4.45. The molecule has 0 radical (unpaired) electrons. The first-order valence-electron chi connectivity index (χ1n) is 10.9. The number of aryl methyl sites for hydroxylation is 1. The van der Waals surface area contributed by atoms with Crippen LogP contribution < -0.4 is 5.69 Å². The molecule has 1 N–H and O–H groups in total. The van der Waals surface area contributed by atoms with Gasteiger partial charge in [0.1, 0.15) is 5.69 Å². The number of piperidine rings is 1. The Bertz CT molecular complexity index is 1250. The molecule has 8 nitrogen and oxygen atoms in total. The van der Waals surface area contributed by atoms with Gasteiger partial charge in [-0.25, -0.2) is 4.79 Å². The predicted molar refractivity (Wildman–Crippen MR) is 116 cm³/mol. The fraction of sp³-hybridized carbons (Fsp3) is 0.478. The molecule has 1 spiro atoms. The molecule has 1 aromatic carbocycles. The number of hydrogen-bond acceptors (Lipinski definition) is 4. The largest absolute Gasteiger partial charge is 0.339 e. The maximum absolute atomic E-state index is 13.1. The number of aromatic amines is 1. The standard InChI is InChI=1S/C23H27N5O3/c1-14(2)28-20-16(13-24-28)11-23(12-19(20)29)6-8-27(9-7-23)21(30)15-4-5-17-18(10-15)26(3)22(31)25-17/h4-5,10,13-14H,6-9,11-12H2,1-3H3,(H,25,31). The van der Waals surface area contributed by atoms with Crippen molar-refractivity contribution in [1.29, 1.82) is 0 Å². The number of Topliss-reactive ketones (excluding diaryl/α,β-unsaturated/α-hetero) is 1. The number of carbonyl (C=O) groups excluding carboxylic acids is 2. The maximum Gasteiger partial charge on any atom is 0.326 e. The number of imidazole rings is 1. The Morgan fingerprint density at radius 1 is 1.16 bits per heavy atom. The molecule has 3 heterocycles. The van der Waals surface area contributed by atoms with E-state index in [1.165, 1.54) is 4.57 Å². The average molecular weight is 422 g/mol. The minimum Gasteiger partial charge on any atom is -0.339 e. The zero-order chi connectivity index (χ0) is 21.9. The van der Waals surface area contributed by atoms with Gasteiger partial charge in [0, 0.05) is 43.7 Å². The van der Waals surface area contributed by atoms with Crippen LogP contribution in [0.1, 0.15) is 65.6 Å². The maximum atomic E-state index is 13.1. The minimum atomic E-state index is -0.193. The molecular formula is C23H27N5O3. The van der Waals surface area contributed by atoms with E-state index in [0.717, 1.165) is 41.6 Å². The van der Waals surface area contributed by atoms with Crippen molar-refractivity contribution < 1.29 is 9.59 Å². The van der Waals surface area contributed by atoms with Crippen molar-refractivity contribution in [2.24, 2.45) is 12.5 Å².